The monoisotopic (exact) mass is 443 g/mol. The molecule has 0 radical (unpaired) electrons. The van der Waals surface area contributed by atoms with Gasteiger partial charge in [0.05, 0.1) is 16.9 Å². The molecule has 0 fully saturated rings. The molecule has 0 aliphatic carbocycles. The number of sulfonamides is 1. The fourth-order valence-corrected chi connectivity index (χ4v) is 4.66. The molecule has 0 unspecified atom stereocenters. The Hall–Kier alpha value is -3.47. The Balaban J connectivity index is 1.57. The molecule has 1 N–H and O–H groups in total. The van der Waals surface area contributed by atoms with E-state index in [0.29, 0.717) is 5.69 Å². The summed E-state index contributed by atoms with van der Waals surface area (Å²) in [4.78, 5) is 10.3. The fraction of sp³-hybridized carbons (Fsp3) is 0.300. The van der Waals surface area contributed by atoms with Crippen LogP contribution in [0.2, 0.25) is 0 Å². The predicted octanol–water partition coefficient (Wildman–Crippen LogP) is 3.39. The second kappa shape index (κ2) is 8.34. The van der Waals surface area contributed by atoms with E-state index in [4.69, 9.17) is 4.74 Å². The van der Waals surface area contributed by atoms with E-state index in [1.165, 1.54) is 19.2 Å². The van der Waals surface area contributed by atoms with E-state index in [9.17, 15) is 18.5 Å². The Kier molecular flexibility index (Phi) is 5.59. The molecule has 0 bridgehead atoms. The zero-order valence-electron chi connectivity index (χ0n) is 16.8. The van der Waals surface area contributed by atoms with Crippen molar-refractivity contribution < 1.29 is 18.1 Å². The third-order valence-corrected chi connectivity index (χ3v) is 6.54. The van der Waals surface area contributed by atoms with Gasteiger partial charge in [-0.3, -0.25) is 14.8 Å². The second-order valence-electron chi connectivity index (χ2n) is 7.18. The number of benzene rings is 2. The fourth-order valence-electron chi connectivity index (χ4n) is 3.58. The van der Waals surface area contributed by atoms with Crippen molar-refractivity contribution >= 4 is 21.4 Å². The molecule has 4 rings (SSSR count). The molecule has 1 aromatic heterocycles. The van der Waals surface area contributed by atoms with Crippen molar-refractivity contribution in [2.45, 2.75) is 37.1 Å². The van der Waals surface area contributed by atoms with E-state index in [1.54, 1.807) is 24.3 Å². The lowest BCUT2D eigenvalue weighted by Gasteiger charge is -2.10. The minimum Gasteiger partial charge on any atom is -0.490 e. The zero-order chi connectivity index (χ0) is 22.0. The van der Waals surface area contributed by atoms with Crippen molar-refractivity contribution in [2.75, 3.05) is 11.8 Å². The Morgan fingerprint density at radius 1 is 1.10 bits per heavy atom. The molecule has 31 heavy (non-hydrogen) atoms. The normalized spacial score (nSPS) is 13.8. The van der Waals surface area contributed by atoms with Crippen LogP contribution in [0.4, 0.5) is 11.4 Å². The number of aryl methyl sites for hydroxylation is 1. The van der Waals surface area contributed by atoms with Gasteiger partial charge in [-0.05, 0) is 49.2 Å². The van der Waals surface area contributed by atoms with Crippen LogP contribution in [0.15, 0.2) is 47.4 Å². The number of methoxy groups -OCH3 is 1. The van der Waals surface area contributed by atoms with E-state index in [0.717, 1.165) is 55.5 Å². The highest BCUT2D eigenvalue weighted by molar-refractivity contribution is 7.92. The van der Waals surface area contributed by atoms with E-state index < -0.39 is 20.6 Å². The number of anilines is 1. The number of rotatable bonds is 6. The number of aromatic nitrogens is 3. The van der Waals surface area contributed by atoms with E-state index >= 15 is 0 Å². The van der Waals surface area contributed by atoms with Crippen molar-refractivity contribution in [3.05, 3.63) is 58.4 Å². The predicted molar refractivity (Wildman–Crippen MR) is 113 cm³/mol. The maximum Gasteiger partial charge on any atom is 0.312 e. The summed E-state index contributed by atoms with van der Waals surface area (Å²) in [6, 6.07) is 10.3. The van der Waals surface area contributed by atoms with Crippen molar-refractivity contribution in [1.29, 1.82) is 0 Å². The minimum absolute atomic E-state index is 0.0132. The molecule has 1 aliphatic rings. The van der Waals surface area contributed by atoms with Gasteiger partial charge in [-0.15, -0.1) is 10.2 Å². The molecule has 0 amide bonds. The molecule has 2 heterocycles. The van der Waals surface area contributed by atoms with Crippen LogP contribution in [-0.4, -0.2) is 35.2 Å². The first kappa shape index (κ1) is 20.8. The standard InChI is InChI=1S/C20H21N5O5S/c1-30-18-11-10-16(13-17(18)25(26)27)31(28,29)23-15-8-6-14(7-9-15)20-22-21-19-5-3-2-4-12-24(19)20/h6-11,13,23H,2-5,12H2,1H3. The first-order valence-corrected chi connectivity index (χ1v) is 11.2. The highest BCUT2D eigenvalue weighted by atomic mass is 32.2. The topological polar surface area (TPSA) is 129 Å². The molecule has 11 heteroatoms. The van der Waals surface area contributed by atoms with E-state index in [2.05, 4.69) is 19.5 Å². The largest absolute Gasteiger partial charge is 0.490 e. The van der Waals surface area contributed by atoms with Crippen molar-refractivity contribution in [1.82, 2.24) is 14.8 Å². The molecule has 162 valence electrons. The number of hydrogen-bond acceptors (Lipinski definition) is 7. The van der Waals surface area contributed by atoms with Crippen molar-refractivity contribution in [3.63, 3.8) is 0 Å². The SMILES string of the molecule is COc1ccc(S(=O)(=O)Nc2ccc(-c3nnc4n3CCCCC4)cc2)cc1[N+](=O)[O-]. The second-order valence-corrected chi connectivity index (χ2v) is 8.86. The van der Waals surface area contributed by atoms with Crippen LogP contribution in [0.25, 0.3) is 11.4 Å². The number of nitrogens with zero attached hydrogens (tertiary/aromatic N) is 4. The lowest BCUT2D eigenvalue weighted by molar-refractivity contribution is -0.386. The van der Waals surface area contributed by atoms with Crippen LogP contribution in [0.3, 0.4) is 0 Å². The molecule has 0 atom stereocenters. The van der Waals surface area contributed by atoms with E-state index in [-0.39, 0.29) is 10.6 Å². The Morgan fingerprint density at radius 3 is 2.58 bits per heavy atom. The summed E-state index contributed by atoms with van der Waals surface area (Å²) in [7, 11) is -2.74. The smallest absolute Gasteiger partial charge is 0.312 e. The highest BCUT2D eigenvalue weighted by Gasteiger charge is 2.22. The van der Waals surface area contributed by atoms with Gasteiger partial charge in [0.25, 0.3) is 10.0 Å². The molecular weight excluding hydrogens is 422 g/mol. The Bertz CT molecular complexity index is 1220. The minimum atomic E-state index is -4.02. The van der Waals surface area contributed by atoms with Gasteiger partial charge < -0.3 is 9.30 Å². The van der Waals surface area contributed by atoms with Crippen molar-refractivity contribution in [3.8, 4) is 17.1 Å². The van der Waals surface area contributed by atoms with Crippen LogP contribution in [0, 0.1) is 10.1 Å². The lowest BCUT2D eigenvalue weighted by atomic mass is 10.2. The van der Waals surface area contributed by atoms with Crippen LogP contribution in [-0.2, 0) is 23.0 Å². The number of ether oxygens (including phenoxy) is 1. The average molecular weight is 443 g/mol. The van der Waals surface area contributed by atoms with Gasteiger partial charge in [0, 0.05) is 30.3 Å². The molecule has 2 aromatic carbocycles. The Labute approximate surface area is 179 Å². The summed E-state index contributed by atoms with van der Waals surface area (Å²) in [5.41, 5.74) is 0.745. The third-order valence-electron chi connectivity index (χ3n) is 5.16. The molecule has 3 aromatic rings. The number of nitrogens with one attached hydrogen (secondary N) is 1. The van der Waals surface area contributed by atoms with Crippen LogP contribution in [0.5, 0.6) is 5.75 Å². The number of fused-ring (bicyclic) bond motifs is 1. The molecule has 0 saturated heterocycles. The molecule has 0 spiro atoms. The Morgan fingerprint density at radius 2 is 1.87 bits per heavy atom. The van der Waals surface area contributed by atoms with Gasteiger partial charge in [0.1, 0.15) is 5.82 Å². The molecule has 0 saturated carbocycles. The maximum atomic E-state index is 12.7. The van der Waals surface area contributed by atoms with Gasteiger partial charge in [-0.1, -0.05) is 6.42 Å². The third kappa shape index (κ3) is 4.22. The highest BCUT2D eigenvalue weighted by Crippen LogP contribution is 2.30. The average Bonchev–Trinajstić information content (AvgIpc) is 3.01. The number of hydrogen-bond donors (Lipinski definition) is 1. The van der Waals surface area contributed by atoms with Crippen LogP contribution in [0.1, 0.15) is 25.1 Å². The van der Waals surface area contributed by atoms with Crippen molar-refractivity contribution in [2.24, 2.45) is 0 Å². The van der Waals surface area contributed by atoms with Gasteiger partial charge in [-0.25, -0.2) is 8.42 Å². The number of nitro benzene ring substituents is 1. The van der Waals surface area contributed by atoms with Gasteiger partial charge >= 0.3 is 5.69 Å². The summed E-state index contributed by atoms with van der Waals surface area (Å²) in [6.07, 6.45) is 4.23. The van der Waals surface area contributed by atoms with Crippen LogP contribution < -0.4 is 9.46 Å². The summed E-state index contributed by atoms with van der Waals surface area (Å²) in [5.74, 6) is 1.72. The molecule has 10 nitrogen and oxygen atoms in total. The summed E-state index contributed by atoms with van der Waals surface area (Å²) < 4.78 is 34.9. The van der Waals surface area contributed by atoms with Gasteiger partial charge in [0.15, 0.2) is 11.6 Å². The molecule has 1 aliphatic heterocycles. The van der Waals surface area contributed by atoms with Gasteiger partial charge in [-0.2, -0.15) is 0 Å². The van der Waals surface area contributed by atoms with Crippen LogP contribution >= 0.6 is 0 Å². The molecular formula is C20H21N5O5S. The maximum absolute atomic E-state index is 12.7. The quantitative estimate of drug-likeness (QED) is 0.456. The first-order valence-electron chi connectivity index (χ1n) is 9.77. The summed E-state index contributed by atoms with van der Waals surface area (Å²) in [6.45, 7) is 0.863. The zero-order valence-corrected chi connectivity index (χ0v) is 17.6. The van der Waals surface area contributed by atoms with Gasteiger partial charge in [0.2, 0.25) is 0 Å². The summed E-state index contributed by atoms with van der Waals surface area (Å²) >= 11 is 0. The van der Waals surface area contributed by atoms with E-state index in [1.807, 2.05) is 0 Å². The first-order chi connectivity index (χ1) is 14.9. The lowest BCUT2D eigenvalue weighted by Crippen LogP contribution is -2.13. The number of nitro groups is 1. The summed E-state index contributed by atoms with van der Waals surface area (Å²) in [5, 5.41) is 19.8.